The van der Waals surface area contributed by atoms with E-state index < -0.39 is 0 Å². The molecule has 0 bridgehead atoms. The molecular weight excluding hydrogens is 943 g/mol. The van der Waals surface area contributed by atoms with Crippen LogP contribution in [-0.4, -0.2) is 3.21 Å². The number of fused-ring (bicyclic) bond motifs is 3. The third-order valence-electron chi connectivity index (χ3n) is 12.3. The monoisotopic (exact) mass is 1000 g/mol. The molecule has 0 unspecified atom stereocenters. The summed E-state index contributed by atoms with van der Waals surface area (Å²) in [5.41, 5.74) is 21.0. The SMILES string of the molecule is CC(C)(C)c1cc2c([c-]c1-c1ccccc1-c1ccccc1)Cc1cc(-c3ccccc3-c3ccccc3)c(C(C)(C)C)cc1-2.[Cl-].[Cl-].[Zr+2]=[C](Cc1ccccc1)Cc1ccccc1.c1cc[cH-]c1. The Bertz CT molecular complexity index is 2780. The first-order valence-corrected chi connectivity index (χ1v) is 24.5. The molecule has 0 saturated heterocycles. The van der Waals surface area contributed by atoms with Crippen molar-refractivity contribution in [3.8, 4) is 55.6 Å². The molecule has 0 spiro atoms. The van der Waals surface area contributed by atoms with Crippen LogP contribution in [0.25, 0.3) is 55.6 Å². The van der Waals surface area contributed by atoms with Crippen molar-refractivity contribution in [2.75, 3.05) is 0 Å². The average Bonchev–Trinajstić information content (AvgIpc) is 4.04. The van der Waals surface area contributed by atoms with Crippen LogP contribution < -0.4 is 24.8 Å². The van der Waals surface area contributed by atoms with E-state index in [-0.39, 0.29) is 35.6 Å². The molecule has 3 heteroatoms. The predicted molar refractivity (Wildman–Crippen MR) is 280 cm³/mol. The second-order valence-electron chi connectivity index (χ2n) is 19.4. The van der Waals surface area contributed by atoms with Crippen LogP contribution in [0.2, 0.25) is 0 Å². The van der Waals surface area contributed by atoms with Gasteiger partial charge in [0.15, 0.2) is 0 Å². The molecule has 340 valence electrons. The number of halogens is 2. The van der Waals surface area contributed by atoms with Crippen LogP contribution in [0.1, 0.15) is 74.9 Å². The van der Waals surface area contributed by atoms with Gasteiger partial charge in [-0.05, 0) is 56.2 Å². The van der Waals surface area contributed by atoms with Crippen LogP contribution in [0, 0.1) is 6.07 Å². The molecule has 0 amide bonds. The molecule has 0 N–H and O–H groups in total. The molecule has 68 heavy (non-hydrogen) atoms. The fourth-order valence-corrected chi connectivity index (χ4v) is 10.1. The molecule has 1 aliphatic rings. The Hall–Kier alpha value is -5.56. The summed E-state index contributed by atoms with van der Waals surface area (Å²) < 4.78 is 1.60. The van der Waals surface area contributed by atoms with E-state index >= 15 is 0 Å². The molecule has 0 aliphatic heterocycles. The second-order valence-corrected chi connectivity index (χ2v) is 21.1. The first-order valence-electron chi connectivity index (χ1n) is 23.3. The van der Waals surface area contributed by atoms with Crippen LogP contribution in [-0.2, 0) is 54.3 Å². The van der Waals surface area contributed by atoms with Crippen molar-refractivity contribution in [3.05, 3.63) is 258 Å². The summed E-state index contributed by atoms with van der Waals surface area (Å²) in [6.45, 7) is 14.0. The molecule has 0 saturated carbocycles. The van der Waals surface area contributed by atoms with E-state index in [4.69, 9.17) is 0 Å². The number of hydrogen-bond donors (Lipinski definition) is 0. The van der Waals surface area contributed by atoms with Crippen LogP contribution in [0.5, 0.6) is 0 Å². The largest absolute Gasteiger partial charge is 0.214 e. The summed E-state index contributed by atoms with van der Waals surface area (Å²) in [4.78, 5) is 0. The average molecular weight is 1000 g/mol. The summed E-state index contributed by atoms with van der Waals surface area (Å²) in [5.74, 6) is 0. The minimum atomic E-state index is -0.0468. The maximum atomic E-state index is 4.03. The van der Waals surface area contributed by atoms with Crippen molar-refractivity contribution in [3.63, 3.8) is 0 Å². The van der Waals surface area contributed by atoms with Gasteiger partial charge in [0.05, 0.1) is 0 Å². The molecule has 0 aromatic heterocycles. The van der Waals surface area contributed by atoms with Gasteiger partial charge >= 0.3 is 112 Å². The third kappa shape index (κ3) is 12.7. The molecule has 0 atom stereocenters. The fraction of sp³-hybridized carbons (Fsp3) is 0.169. The standard InChI is InChI=1S/C45H41.C15H14.C5H5.2ClH.Zr/c1-44(2,3)42-28-38-32(26-40(42)36-23-15-13-21-34(36)30-17-9-7-10-18-30)25-33-27-41(43(29-39(33)38)45(4,5)6)37-24-16-14-22-35(37)31-19-11-8-12-20-31;1-3-8-14(9-4-1)12-7-13-15-10-5-2-6-11-15;1-2-4-5-3-1;;;/h7-24,26,28-29H,25H2,1-6H3;1-6,8-11H,12-13H2;1-5H;2*1H;/q-1;;-1;;;+2/p-2. The maximum Gasteiger partial charge on any atom is -0.172 e. The Morgan fingerprint density at radius 3 is 1.31 bits per heavy atom. The van der Waals surface area contributed by atoms with Gasteiger partial charge in [0.25, 0.3) is 0 Å². The zero-order valence-corrected chi connectivity index (χ0v) is 44.1. The van der Waals surface area contributed by atoms with E-state index in [9.17, 15) is 0 Å². The Labute approximate surface area is 434 Å². The van der Waals surface area contributed by atoms with Crippen molar-refractivity contribution >= 4 is 3.21 Å². The van der Waals surface area contributed by atoms with Crippen molar-refractivity contribution in [1.82, 2.24) is 0 Å². The van der Waals surface area contributed by atoms with Gasteiger partial charge in [-0.3, -0.25) is 0 Å². The Balaban J connectivity index is 0.000000274. The summed E-state index contributed by atoms with van der Waals surface area (Å²) in [5, 5.41) is 0. The van der Waals surface area contributed by atoms with Gasteiger partial charge < -0.3 is 24.8 Å². The van der Waals surface area contributed by atoms with Gasteiger partial charge in [-0.25, -0.2) is 12.1 Å². The molecule has 9 aromatic rings. The Kier molecular flexibility index (Phi) is 18.0. The maximum absolute atomic E-state index is 4.03. The van der Waals surface area contributed by atoms with Crippen LogP contribution >= 0.6 is 0 Å². The van der Waals surface area contributed by atoms with Crippen molar-refractivity contribution in [1.29, 1.82) is 0 Å². The minimum Gasteiger partial charge on any atom is -0.214 e. The predicted octanol–water partition coefficient (Wildman–Crippen LogP) is 10.9. The number of rotatable bonds is 8. The van der Waals surface area contributed by atoms with E-state index in [1.54, 1.807) is 27.4 Å². The molecule has 0 nitrogen and oxygen atoms in total. The van der Waals surface area contributed by atoms with Gasteiger partial charge in [0.2, 0.25) is 0 Å². The summed E-state index contributed by atoms with van der Waals surface area (Å²) >= 11 is 1.55. The summed E-state index contributed by atoms with van der Waals surface area (Å²) in [6, 6.07) is 82.2. The Morgan fingerprint density at radius 1 is 0.441 bits per heavy atom. The molecule has 9 aromatic carbocycles. The molecule has 0 radical (unpaired) electrons. The van der Waals surface area contributed by atoms with Gasteiger partial charge in [0.1, 0.15) is 0 Å². The molecule has 10 rings (SSSR count). The number of hydrogen-bond acceptors (Lipinski definition) is 0. The normalized spacial score (nSPS) is 11.3. The molecular formula is C65H60Cl2Zr-2. The van der Waals surface area contributed by atoms with Crippen molar-refractivity contribution < 1.29 is 49.0 Å². The second kappa shape index (κ2) is 23.6. The van der Waals surface area contributed by atoms with Crippen LogP contribution in [0.3, 0.4) is 0 Å². The zero-order valence-electron chi connectivity index (χ0n) is 40.2. The van der Waals surface area contributed by atoms with Crippen molar-refractivity contribution in [2.24, 2.45) is 0 Å². The quantitative estimate of drug-likeness (QED) is 0.133. The first-order chi connectivity index (χ1) is 31.9. The topological polar surface area (TPSA) is 0 Å². The van der Waals surface area contributed by atoms with Crippen LogP contribution in [0.4, 0.5) is 0 Å². The minimum absolute atomic E-state index is 0. The molecule has 0 heterocycles. The van der Waals surface area contributed by atoms with E-state index in [1.807, 2.05) is 30.3 Å². The molecule has 1 aliphatic carbocycles. The van der Waals surface area contributed by atoms with Gasteiger partial charge in [-0.15, -0.1) is 28.8 Å². The summed E-state index contributed by atoms with van der Waals surface area (Å²) in [6.07, 6.45) is 3.13. The van der Waals surface area contributed by atoms with Gasteiger partial charge in [-0.1, -0.05) is 185 Å². The number of benzene rings is 8. The zero-order chi connectivity index (χ0) is 46.1. The van der Waals surface area contributed by atoms with E-state index in [0.717, 1.165) is 19.3 Å². The van der Waals surface area contributed by atoms with Crippen LogP contribution in [0.15, 0.2) is 218 Å². The third-order valence-corrected chi connectivity index (χ3v) is 13.2. The van der Waals surface area contributed by atoms with Gasteiger partial charge in [0, 0.05) is 0 Å². The van der Waals surface area contributed by atoms with Gasteiger partial charge in [-0.2, -0.15) is 18.2 Å². The summed E-state index contributed by atoms with van der Waals surface area (Å²) in [7, 11) is 0. The van der Waals surface area contributed by atoms with E-state index in [2.05, 4.69) is 236 Å². The molecule has 0 fully saturated rings. The van der Waals surface area contributed by atoms with E-state index in [0.29, 0.717) is 0 Å². The van der Waals surface area contributed by atoms with Crippen molar-refractivity contribution in [2.45, 2.75) is 71.6 Å². The first kappa shape index (κ1) is 51.8. The smallest absolute Gasteiger partial charge is 0.172 e. The van der Waals surface area contributed by atoms with E-state index in [1.165, 1.54) is 89.0 Å². The fourth-order valence-electron chi connectivity index (χ4n) is 9.07. The Morgan fingerprint density at radius 2 is 0.853 bits per heavy atom.